The van der Waals surface area contributed by atoms with Gasteiger partial charge < -0.3 is 14.4 Å². The fourth-order valence-electron chi connectivity index (χ4n) is 4.14. The molecular weight excluding hydrogens is 316 g/mol. The second-order valence-corrected chi connectivity index (χ2v) is 6.73. The van der Waals surface area contributed by atoms with Crippen molar-refractivity contribution >= 4 is 5.91 Å². The van der Waals surface area contributed by atoms with Crippen molar-refractivity contribution in [3.63, 3.8) is 0 Å². The van der Waals surface area contributed by atoms with Crippen LogP contribution in [0.4, 0.5) is 0 Å². The van der Waals surface area contributed by atoms with Gasteiger partial charge in [0, 0.05) is 30.1 Å². The van der Waals surface area contributed by atoms with Crippen molar-refractivity contribution in [2.24, 2.45) is 5.92 Å². The van der Waals surface area contributed by atoms with Gasteiger partial charge in [0.15, 0.2) is 0 Å². The Morgan fingerprint density at radius 3 is 2.80 bits per heavy atom. The zero-order valence-electron chi connectivity index (χ0n) is 14.3. The minimum Gasteiger partial charge on any atom is -0.497 e. The number of nitrogens with zero attached hydrogens (tertiary/aromatic N) is 2. The molecule has 5 heteroatoms. The minimum absolute atomic E-state index is 0.0915. The van der Waals surface area contributed by atoms with Crippen molar-refractivity contribution in [3.8, 4) is 11.5 Å². The van der Waals surface area contributed by atoms with Crippen molar-refractivity contribution in [1.82, 2.24) is 9.88 Å². The maximum atomic E-state index is 13.0. The van der Waals surface area contributed by atoms with Gasteiger partial charge in [-0.05, 0) is 49.4 Å². The summed E-state index contributed by atoms with van der Waals surface area (Å²) in [6.45, 7) is 0.519. The monoisotopic (exact) mass is 338 g/mol. The highest BCUT2D eigenvalue weighted by Crippen LogP contribution is 2.43. The van der Waals surface area contributed by atoms with Gasteiger partial charge in [0.2, 0.25) is 0 Å². The van der Waals surface area contributed by atoms with Gasteiger partial charge in [-0.2, -0.15) is 0 Å². The summed E-state index contributed by atoms with van der Waals surface area (Å²) in [4.78, 5) is 19.0. The molecule has 5 nitrogen and oxygen atoms in total. The van der Waals surface area contributed by atoms with Crippen LogP contribution in [0.25, 0.3) is 0 Å². The molecular formula is C20H22N2O3. The van der Waals surface area contributed by atoms with Gasteiger partial charge in [-0.1, -0.05) is 6.07 Å². The van der Waals surface area contributed by atoms with Gasteiger partial charge in [-0.3, -0.25) is 9.78 Å². The first-order valence-electron chi connectivity index (χ1n) is 8.76. The summed E-state index contributed by atoms with van der Waals surface area (Å²) < 4.78 is 11.3. The van der Waals surface area contributed by atoms with E-state index in [1.165, 1.54) is 6.42 Å². The number of carbonyl (C=O) groups excluding carboxylic acids is 1. The molecule has 2 heterocycles. The van der Waals surface area contributed by atoms with E-state index in [0.29, 0.717) is 24.1 Å². The first kappa shape index (κ1) is 15.9. The fraction of sp³-hybridized carbons (Fsp3) is 0.400. The van der Waals surface area contributed by atoms with E-state index in [9.17, 15) is 4.79 Å². The highest BCUT2D eigenvalue weighted by atomic mass is 16.5. The summed E-state index contributed by atoms with van der Waals surface area (Å²) in [5.41, 5.74) is 0.703. The maximum absolute atomic E-state index is 13.0. The number of fused-ring (bicyclic) bond motifs is 2. The third-order valence-electron chi connectivity index (χ3n) is 5.36. The van der Waals surface area contributed by atoms with Crippen LogP contribution < -0.4 is 9.47 Å². The molecule has 1 saturated heterocycles. The van der Waals surface area contributed by atoms with Crippen molar-refractivity contribution in [3.05, 3.63) is 54.4 Å². The Bertz CT molecular complexity index is 750. The SMILES string of the molecule is COc1cccc(OC[C@H]2[C@H]3CC[C@H](C3)N2C(=O)c2ccncc2)c1. The van der Waals surface area contributed by atoms with Gasteiger partial charge in [0.1, 0.15) is 18.1 Å². The van der Waals surface area contributed by atoms with E-state index in [0.717, 1.165) is 24.3 Å². The highest BCUT2D eigenvalue weighted by Gasteiger charge is 2.48. The zero-order valence-corrected chi connectivity index (χ0v) is 14.3. The normalized spacial score (nSPS) is 24.4. The van der Waals surface area contributed by atoms with E-state index in [-0.39, 0.29) is 11.9 Å². The van der Waals surface area contributed by atoms with Gasteiger partial charge in [-0.25, -0.2) is 0 Å². The van der Waals surface area contributed by atoms with Crippen LogP contribution in [0.5, 0.6) is 11.5 Å². The molecule has 0 radical (unpaired) electrons. The molecule has 1 aliphatic heterocycles. The van der Waals surface area contributed by atoms with Crippen molar-refractivity contribution in [2.45, 2.75) is 31.3 Å². The Balaban J connectivity index is 1.50. The van der Waals surface area contributed by atoms with Crippen LogP contribution in [0.15, 0.2) is 48.8 Å². The summed E-state index contributed by atoms with van der Waals surface area (Å²) in [5, 5.41) is 0. The molecule has 2 bridgehead atoms. The van der Waals surface area contributed by atoms with Crippen LogP contribution in [-0.2, 0) is 0 Å². The van der Waals surface area contributed by atoms with Gasteiger partial charge in [-0.15, -0.1) is 0 Å². The number of carbonyl (C=O) groups is 1. The summed E-state index contributed by atoms with van der Waals surface area (Å²) in [5.74, 6) is 2.17. The predicted octanol–water partition coefficient (Wildman–Crippen LogP) is 3.16. The van der Waals surface area contributed by atoms with Gasteiger partial charge in [0.05, 0.1) is 13.2 Å². The first-order chi connectivity index (χ1) is 12.3. The van der Waals surface area contributed by atoms with Crippen molar-refractivity contribution in [1.29, 1.82) is 0 Å². The molecule has 1 aromatic carbocycles. The van der Waals surface area contributed by atoms with E-state index in [4.69, 9.17) is 9.47 Å². The van der Waals surface area contributed by atoms with Crippen LogP contribution >= 0.6 is 0 Å². The number of aromatic nitrogens is 1. The standard InChI is InChI=1S/C20H22N2O3/c1-24-17-3-2-4-18(12-17)25-13-19-15-5-6-16(11-15)22(19)20(23)14-7-9-21-10-8-14/h2-4,7-10,12,15-16,19H,5-6,11,13H2,1H3/t15-,16+,19-/m0/s1. The number of benzene rings is 1. The lowest BCUT2D eigenvalue weighted by atomic mass is 9.98. The first-order valence-corrected chi connectivity index (χ1v) is 8.76. The van der Waals surface area contributed by atoms with E-state index in [1.807, 2.05) is 29.2 Å². The summed E-state index contributed by atoms with van der Waals surface area (Å²) in [6, 6.07) is 11.6. The average molecular weight is 338 g/mol. The molecule has 3 atom stereocenters. The molecule has 1 saturated carbocycles. The van der Waals surface area contributed by atoms with Crippen LogP contribution in [0.1, 0.15) is 29.6 Å². The van der Waals surface area contributed by atoms with Crippen LogP contribution in [-0.4, -0.2) is 41.6 Å². The third-order valence-corrected chi connectivity index (χ3v) is 5.36. The molecule has 1 amide bonds. The van der Waals surface area contributed by atoms with Crippen LogP contribution in [0.3, 0.4) is 0 Å². The number of pyridine rings is 1. The van der Waals surface area contributed by atoms with E-state index in [1.54, 1.807) is 31.6 Å². The van der Waals surface area contributed by atoms with Crippen molar-refractivity contribution < 1.29 is 14.3 Å². The number of amides is 1. The lowest BCUT2D eigenvalue weighted by molar-refractivity contribution is 0.0505. The minimum atomic E-state index is 0.0915. The lowest BCUT2D eigenvalue weighted by Crippen LogP contribution is -2.47. The largest absolute Gasteiger partial charge is 0.497 e. The number of rotatable bonds is 5. The Morgan fingerprint density at radius 2 is 2.00 bits per heavy atom. The molecule has 1 aliphatic carbocycles. The van der Waals surface area contributed by atoms with Gasteiger partial charge >= 0.3 is 0 Å². The summed E-state index contributed by atoms with van der Waals surface area (Å²) in [7, 11) is 1.64. The topological polar surface area (TPSA) is 51.7 Å². The summed E-state index contributed by atoms with van der Waals surface area (Å²) >= 11 is 0. The second-order valence-electron chi connectivity index (χ2n) is 6.73. The lowest BCUT2D eigenvalue weighted by Gasteiger charge is -2.35. The van der Waals surface area contributed by atoms with Crippen LogP contribution in [0.2, 0.25) is 0 Å². The zero-order chi connectivity index (χ0) is 17.2. The third kappa shape index (κ3) is 3.06. The maximum Gasteiger partial charge on any atom is 0.254 e. The quantitative estimate of drug-likeness (QED) is 0.840. The molecule has 0 N–H and O–H groups in total. The van der Waals surface area contributed by atoms with E-state index < -0.39 is 0 Å². The molecule has 130 valence electrons. The van der Waals surface area contributed by atoms with Gasteiger partial charge in [0.25, 0.3) is 5.91 Å². The number of likely N-dealkylation sites (tertiary alicyclic amines) is 1. The van der Waals surface area contributed by atoms with Crippen molar-refractivity contribution in [2.75, 3.05) is 13.7 Å². The molecule has 2 fully saturated rings. The second kappa shape index (κ2) is 6.75. The molecule has 2 aromatic rings. The Morgan fingerprint density at radius 1 is 1.20 bits per heavy atom. The molecule has 1 aromatic heterocycles. The smallest absolute Gasteiger partial charge is 0.254 e. The van der Waals surface area contributed by atoms with E-state index in [2.05, 4.69) is 4.98 Å². The predicted molar refractivity (Wildman–Crippen MR) is 93.8 cm³/mol. The van der Waals surface area contributed by atoms with Crippen LogP contribution in [0, 0.1) is 5.92 Å². The molecule has 2 aliphatic rings. The summed E-state index contributed by atoms with van der Waals surface area (Å²) in [6.07, 6.45) is 6.70. The Hall–Kier alpha value is -2.56. The average Bonchev–Trinajstić information content (AvgIpc) is 3.28. The number of ether oxygens (including phenoxy) is 2. The number of hydrogen-bond donors (Lipinski definition) is 0. The Kier molecular flexibility index (Phi) is 4.30. The molecule has 0 spiro atoms. The number of methoxy groups -OCH3 is 1. The number of hydrogen-bond acceptors (Lipinski definition) is 4. The fourth-order valence-corrected chi connectivity index (χ4v) is 4.14. The Labute approximate surface area is 147 Å². The highest BCUT2D eigenvalue weighted by molar-refractivity contribution is 5.94. The van der Waals surface area contributed by atoms with E-state index >= 15 is 0 Å². The number of piperidine rings is 1. The molecule has 25 heavy (non-hydrogen) atoms. The molecule has 0 unspecified atom stereocenters. The molecule has 4 rings (SSSR count).